The first-order valence-electron chi connectivity index (χ1n) is 17.2. The second-order valence-electron chi connectivity index (χ2n) is 13.5. The minimum absolute atomic E-state index is 0.144. The van der Waals surface area contributed by atoms with Crippen LogP contribution in [0.5, 0.6) is 0 Å². The summed E-state index contributed by atoms with van der Waals surface area (Å²) in [4.78, 5) is 65.4. The van der Waals surface area contributed by atoms with Gasteiger partial charge in [0.15, 0.2) is 0 Å². The van der Waals surface area contributed by atoms with Crippen LogP contribution in [0.3, 0.4) is 0 Å². The summed E-state index contributed by atoms with van der Waals surface area (Å²) in [5, 5.41) is 11.0. The van der Waals surface area contributed by atoms with Gasteiger partial charge in [0.1, 0.15) is 23.7 Å². The highest BCUT2D eigenvalue weighted by Crippen LogP contribution is 2.29. The number of imidazole rings is 2. The first-order chi connectivity index (χ1) is 24.8. The number of nitrogens with zero attached hydrogens (tertiary/aromatic N) is 2. The number of aromatic amines is 2. The first-order valence-corrected chi connectivity index (χ1v) is 17.2. The average molecular weight is 711 g/mol. The summed E-state index contributed by atoms with van der Waals surface area (Å²) in [5.74, 6) is 0.253. The van der Waals surface area contributed by atoms with Gasteiger partial charge in [-0.05, 0) is 72.2 Å². The van der Waals surface area contributed by atoms with E-state index in [0.29, 0.717) is 11.6 Å². The lowest BCUT2D eigenvalue weighted by atomic mass is 10.00. The van der Waals surface area contributed by atoms with E-state index in [0.717, 1.165) is 44.3 Å². The van der Waals surface area contributed by atoms with Crippen molar-refractivity contribution in [2.24, 2.45) is 11.8 Å². The largest absolute Gasteiger partial charge is 0.453 e. The molecule has 0 saturated heterocycles. The van der Waals surface area contributed by atoms with Crippen molar-refractivity contribution < 1.29 is 28.7 Å². The SMILES string of the molecule is COC(=O)N[C@H](C(=O)N[C@@H](C)c1nc2ccc(-c3ccc(-c4ccc5nc([C@H](C)NC(=O)[C@@H](NC(=O)OC)C(C)C)[nH]c5c4)cc3)cc2[nH]1)C(C)C. The molecule has 2 heterocycles. The zero-order chi connectivity index (χ0) is 37.7. The van der Waals surface area contributed by atoms with Gasteiger partial charge in [-0.3, -0.25) is 9.59 Å². The summed E-state index contributed by atoms with van der Waals surface area (Å²) in [5.41, 5.74) is 7.23. The molecular weight excluding hydrogens is 664 g/mol. The number of benzene rings is 3. The highest BCUT2D eigenvalue weighted by molar-refractivity contribution is 5.88. The van der Waals surface area contributed by atoms with E-state index in [2.05, 4.69) is 74.9 Å². The second-order valence-corrected chi connectivity index (χ2v) is 13.5. The zero-order valence-corrected chi connectivity index (χ0v) is 30.6. The van der Waals surface area contributed by atoms with Gasteiger partial charge >= 0.3 is 12.2 Å². The van der Waals surface area contributed by atoms with Crippen molar-refractivity contribution in [3.8, 4) is 22.3 Å². The molecule has 4 atom stereocenters. The minimum Gasteiger partial charge on any atom is -0.453 e. The maximum absolute atomic E-state index is 13.0. The molecule has 0 radical (unpaired) electrons. The van der Waals surface area contributed by atoms with Gasteiger partial charge in [-0.2, -0.15) is 0 Å². The third-order valence-corrected chi connectivity index (χ3v) is 8.91. The molecule has 0 aliphatic heterocycles. The summed E-state index contributed by atoms with van der Waals surface area (Å²) in [6, 6.07) is 17.8. The lowest BCUT2D eigenvalue weighted by Gasteiger charge is -2.22. The zero-order valence-electron chi connectivity index (χ0n) is 30.6. The number of hydrogen-bond acceptors (Lipinski definition) is 8. The number of fused-ring (bicyclic) bond motifs is 2. The van der Waals surface area contributed by atoms with Crippen molar-refractivity contribution >= 4 is 46.1 Å². The quantitative estimate of drug-likeness (QED) is 0.0923. The number of ether oxygens (including phenoxy) is 2. The number of carbonyl (C=O) groups is 4. The van der Waals surface area contributed by atoms with E-state index < -0.39 is 36.4 Å². The van der Waals surface area contributed by atoms with Crippen LogP contribution in [0, 0.1) is 11.8 Å². The van der Waals surface area contributed by atoms with Gasteiger partial charge < -0.3 is 40.7 Å². The van der Waals surface area contributed by atoms with Gasteiger partial charge in [0.05, 0.1) is 48.4 Å². The van der Waals surface area contributed by atoms with Crippen LogP contribution in [0.2, 0.25) is 0 Å². The predicted octanol–water partition coefficient (Wildman–Crippen LogP) is 5.89. The Morgan fingerprint density at radius 2 is 0.885 bits per heavy atom. The van der Waals surface area contributed by atoms with Crippen LogP contribution in [-0.4, -0.2) is 70.2 Å². The molecule has 4 amide bonds. The lowest BCUT2D eigenvalue weighted by molar-refractivity contribution is -0.125. The van der Waals surface area contributed by atoms with Gasteiger partial charge in [0.25, 0.3) is 0 Å². The molecule has 2 aromatic heterocycles. The maximum Gasteiger partial charge on any atom is 0.407 e. The number of methoxy groups -OCH3 is 2. The highest BCUT2D eigenvalue weighted by Gasteiger charge is 2.28. The molecule has 5 aromatic rings. The molecule has 0 unspecified atom stereocenters. The van der Waals surface area contributed by atoms with Gasteiger partial charge in [-0.25, -0.2) is 19.6 Å². The standard InChI is InChI=1S/C38H46N8O6/c1-19(2)31(45-37(49)51-7)35(47)39-21(5)33-41-27-15-13-25(17-29(27)43-33)23-9-11-24(12-10-23)26-14-16-28-30(18-26)44-34(42-28)22(6)40-36(48)32(20(3)4)46-38(50)52-8/h9-22,31-32H,1-8H3,(H,39,47)(H,40,48)(H,41,43)(H,42,44)(H,45,49)(H,46,50)/t21-,22-,31-,32-/m0/s1. The van der Waals surface area contributed by atoms with Gasteiger partial charge in [0, 0.05) is 0 Å². The van der Waals surface area contributed by atoms with E-state index in [9.17, 15) is 19.2 Å². The Morgan fingerprint density at radius 3 is 1.21 bits per heavy atom. The van der Waals surface area contributed by atoms with E-state index >= 15 is 0 Å². The van der Waals surface area contributed by atoms with Crippen molar-refractivity contribution in [2.45, 2.75) is 65.7 Å². The van der Waals surface area contributed by atoms with E-state index in [1.807, 2.05) is 77.9 Å². The molecule has 14 heteroatoms. The molecule has 0 bridgehead atoms. The number of rotatable bonds is 12. The van der Waals surface area contributed by atoms with E-state index in [4.69, 9.17) is 0 Å². The molecule has 0 aliphatic carbocycles. The van der Waals surface area contributed by atoms with Crippen LogP contribution >= 0.6 is 0 Å². The van der Waals surface area contributed by atoms with Crippen LogP contribution in [0.25, 0.3) is 44.3 Å². The average Bonchev–Trinajstić information content (AvgIpc) is 3.76. The number of carbonyl (C=O) groups excluding carboxylic acids is 4. The number of alkyl carbamates (subject to hydrolysis) is 2. The van der Waals surface area contributed by atoms with Crippen LogP contribution in [0.1, 0.15) is 65.3 Å². The molecule has 6 N–H and O–H groups in total. The Hall–Kier alpha value is -5.92. The van der Waals surface area contributed by atoms with E-state index in [-0.39, 0.29) is 23.7 Å². The number of H-pyrrole nitrogens is 2. The highest BCUT2D eigenvalue weighted by atomic mass is 16.5. The summed E-state index contributed by atoms with van der Waals surface area (Å²) in [6.45, 7) is 11.0. The first kappa shape index (κ1) is 37.3. The molecule has 0 saturated carbocycles. The maximum atomic E-state index is 13.0. The molecule has 0 spiro atoms. The van der Waals surface area contributed by atoms with Crippen molar-refractivity contribution in [1.82, 2.24) is 41.2 Å². The number of nitrogens with one attached hydrogen (secondary N) is 6. The van der Waals surface area contributed by atoms with Gasteiger partial charge in [0.2, 0.25) is 11.8 Å². The Balaban J connectivity index is 1.27. The molecule has 5 rings (SSSR count). The third-order valence-electron chi connectivity index (χ3n) is 8.91. The predicted molar refractivity (Wildman–Crippen MR) is 198 cm³/mol. The van der Waals surface area contributed by atoms with Crippen LogP contribution in [0.4, 0.5) is 9.59 Å². The fraction of sp³-hybridized carbons (Fsp3) is 0.368. The summed E-state index contributed by atoms with van der Waals surface area (Å²) >= 11 is 0. The molecule has 274 valence electrons. The Bertz CT molecular complexity index is 1920. The molecule has 14 nitrogen and oxygen atoms in total. The van der Waals surface area contributed by atoms with E-state index in [1.54, 1.807) is 0 Å². The van der Waals surface area contributed by atoms with Crippen LogP contribution < -0.4 is 21.3 Å². The fourth-order valence-corrected chi connectivity index (χ4v) is 5.87. The van der Waals surface area contributed by atoms with E-state index in [1.165, 1.54) is 14.2 Å². The lowest BCUT2D eigenvalue weighted by Crippen LogP contribution is -2.50. The normalized spacial score (nSPS) is 13.7. The van der Waals surface area contributed by atoms with Crippen LogP contribution in [0.15, 0.2) is 60.7 Å². The van der Waals surface area contributed by atoms with Gasteiger partial charge in [-0.15, -0.1) is 0 Å². The minimum atomic E-state index is -0.752. The number of hydrogen-bond donors (Lipinski definition) is 6. The molecule has 0 aliphatic rings. The van der Waals surface area contributed by atoms with Crippen molar-refractivity contribution in [3.63, 3.8) is 0 Å². The van der Waals surface area contributed by atoms with Gasteiger partial charge in [-0.1, -0.05) is 64.1 Å². The second kappa shape index (κ2) is 16.0. The smallest absolute Gasteiger partial charge is 0.407 e. The molecule has 52 heavy (non-hydrogen) atoms. The fourth-order valence-electron chi connectivity index (χ4n) is 5.87. The molecular formula is C38H46N8O6. The number of aromatic nitrogens is 4. The van der Waals surface area contributed by atoms with Crippen LogP contribution in [-0.2, 0) is 19.1 Å². The molecule has 3 aromatic carbocycles. The summed E-state index contributed by atoms with van der Waals surface area (Å²) < 4.78 is 9.33. The van der Waals surface area contributed by atoms with Crippen molar-refractivity contribution in [1.29, 1.82) is 0 Å². The monoisotopic (exact) mass is 710 g/mol. The Kier molecular flexibility index (Phi) is 11.5. The molecule has 0 fully saturated rings. The van der Waals surface area contributed by atoms with Crippen molar-refractivity contribution in [3.05, 3.63) is 72.3 Å². The summed E-state index contributed by atoms with van der Waals surface area (Å²) in [6.07, 6.45) is -1.33. The Morgan fingerprint density at radius 1 is 0.538 bits per heavy atom. The third kappa shape index (κ3) is 8.50. The Labute approximate surface area is 301 Å². The number of amides is 4. The topological polar surface area (TPSA) is 192 Å². The van der Waals surface area contributed by atoms with Crippen molar-refractivity contribution in [2.75, 3.05) is 14.2 Å². The summed E-state index contributed by atoms with van der Waals surface area (Å²) in [7, 11) is 2.52.